The fraction of sp³-hybridized carbons (Fsp3) is 0.312. The highest BCUT2D eigenvalue weighted by Gasteiger charge is 2.28. The lowest BCUT2D eigenvalue weighted by atomic mass is 9.99. The number of H-pyrrole nitrogens is 1. The highest BCUT2D eigenvalue weighted by molar-refractivity contribution is 6.02. The van der Waals surface area contributed by atoms with Crippen LogP contribution in [0.5, 0.6) is 0 Å². The number of hydrogen-bond donors (Lipinski definition) is 4. The van der Waals surface area contributed by atoms with E-state index in [9.17, 15) is 0 Å². The van der Waals surface area contributed by atoms with Gasteiger partial charge in [0.05, 0.1) is 5.66 Å². The molecule has 0 aliphatic carbocycles. The summed E-state index contributed by atoms with van der Waals surface area (Å²) in [5, 5.41) is 7.88. The smallest absolute Gasteiger partial charge is 0.139 e. The SMILES string of the molecule is N[C@@]1(Nc2ccnc3[nH]cc(-c4cncnc4)c23)CCCNC1. The molecule has 3 aromatic rings. The zero-order chi connectivity index (χ0) is 15.7. The number of nitrogens with zero attached hydrogens (tertiary/aromatic N) is 3. The first-order valence-electron chi connectivity index (χ1n) is 7.74. The van der Waals surface area contributed by atoms with Crippen LogP contribution in [0.25, 0.3) is 22.2 Å². The van der Waals surface area contributed by atoms with Gasteiger partial charge in [0.1, 0.15) is 12.0 Å². The van der Waals surface area contributed by atoms with Gasteiger partial charge >= 0.3 is 0 Å². The molecular weight excluding hydrogens is 290 g/mol. The van der Waals surface area contributed by atoms with Crippen molar-refractivity contribution in [1.82, 2.24) is 25.3 Å². The average Bonchev–Trinajstić information content (AvgIpc) is 3.01. The summed E-state index contributed by atoms with van der Waals surface area (Å²) in [6, 6.07) is 1.96. The van der Waals surface area contributed by atoms with Gasteiger partial charge in [-0.15, -0.1) is 0 Å². The Labute approximate surface area is 133 Å². The van der Waals surface area contributed by atoms with E-state index in [4.69, 9.17) is 5.73 Å². The lowest BCUT2D eigenvalue weighted by molar-refractivity contribution is 0.352. The molecule has 3 aromatic heterocycles. The maximum absolute atomic E-state index is 6.51. The molecule has 4 heterocycles. The number of aromatic amines is 1. The number of anilines is 1. The lowest BCUT2D eigenvalue weighted by Crippen LogP contribution is -2.58. The van der Waals surface area contributed by atoms with E-state index in [0.717, 1.165) is 53.8 Å². The van der Waals surface area contributed by atoms with Crippen LogP contribution >= 0.6 is 0 Å². The molecule has 1 fully saturated rings. The number of hydrogen-bond acceptors (Lipinski definition) is 6. The summed E-state index contributed by atoms with van der Waals surface area (Å²) in [6.45, 7) is 1.76. The Balaban J connectivity index is 1.79. The molecule has 0 unspecified atom stereocenters. The zero-order valence-corrected chi connectivity index (χ0v) is 12.7. The topological polar surface area (TPSA) is 105 Å². The van der Waals surface area contributed by atoms with E-state index >= 15 is 0 Å². The van der Waals surface area contributed by atoms with Crippen molar-refractivity contribution in [1.29, 1.82) is 0 Å². The van der Waals surface area contributed by atoms with Crippen LogP contribution in [0, 0.1) is 0 Å². The highest BCUT2D eigenvalue weighted by atomic mass is 15.2. The van der Waals surface area contributed by atoms with Crippen LogP contribution in [-0.2, 0) is 0 Å². The first kappa shape index (κ1) is 14.1. The zero-order valence-electron chi connectivity index (χ0n) is 12.7. The summed E-state index contributed by atoms with van der Waals surface area (Å²) >= 11 is 0. The molecule has 1 aliphatic rings. The second-order valence-corrected chi connectivity index (χ2v) is 5.97. The van der Waals surface area contributed by atoms with Gasteiger partial charge in [0.25, 0.3) is 0 Å². The van der Waals surface area contributed by atoms with E-state index in [-0.39, 0.29) is 0 Å². The van der Waals surface area contributed by atoms with Crippen molar-refractivity contribution in [3.8, 4) is 11.1 Å². The predicted molar refractivity (Wildman–Crippen MR) is 89.8 cm³/mol. The van der Waals surface area contributed by atoms with Crippen LogP contribution in [0.2, 0.25) is 0 Å². The molecule has 7 nitrogen and oxygen atoms in total. The predicted octanol–water partition coefficient (Wildman–Crippen LogP) is 1.47. The van der Waals surface area contributed by atoms with Gasteiger partial charge in [0.2, 0.25) is 0 Å². The summed E-state index contributed by atoms with van der Waals surface area (Å²) < 4.78 is 0. The molecule has 1 atom stereocenters. The van der Waals surface area contributed by atoms with E-state index in [1.54, 1.807) is 18.6 Å². The number of fused-ring (bicyclic) bond motifs is 1. The van der Waals surface area contributed by atoms with Crippen molar-refractivity contribution in [3.05, 3.63) is 37.2 Å². The summed E-state index contributed by atoms with van der Waals surface area (Å²) in [5.41, 5.74) is 9.82. The standard InChI is InChI=1S/C16H19N7/c17-16(3-1-4-18-9-16)23-13-2-5-21-15-14(13)12(8-22-15)11-6-19-10-20-7-11/h2,5-8,10,18H,1,3-4,9,17H2,(H2,21,22,23)/t16-/m1/s1. The summed E-state index contributed by atoms with van der Waals surface area (Å²) in [6.07, 6.45) is 10.8. The van der Waals surface area contributed by atoms with Crippen LogP contribution in [-0.4, -0.2) is 38.7 Å². The molecule has 118 valence electrons. The second-order valence-electron chi connectivity index (χ2n) is 5.97. The maximum atomic E-state index is 6.51. The van der Waals surface area contributed by atoms with Crippen molar-refractivity contribution >= 4 is 16.7 Å². The van der Waals surface area contributed by atoms with Gasteiger partial charge in [-0.1, -0.05) is 0 Å². The number of pyridine rings is 1. The third-order valence-electron chi connectivity index (χ3n) is 4.25. The second kappa shape index (κ2) is 5.60. The number of aromatic nitrogens is 4. The minimum absolute atomic E-state index is 0.450. The van der Waals surface area contributed by atoms with Crippen LogP contribution in [0.3, 0.4) is 0 Å². The fourth-order valence-electron chi connectivity index (χ4n) is 3.13. The van der Waals surface area contributed by atoms with Crippen LogP contribution in [0.1, 0.15) is 12.8 Å². The quantitative estimate of drug-likeness (QED) is 0.546. The van der Waals surface area contributed by atoms with Gasteiger partial charge in [-0.3, -0.25) is 0 Å². The Kier molecular flexibility index (Phi) is 3.44. The van der Waals surface area contributed by atoms with Crippen LogP contribution < -0.4 is 16.4 Å². The Morgan fingerprint density at radius 2 is 2.13 bits per heavy atom. The number of piperidine rings is 1. The molecule has 0 bridgehead atoms. The fourth-order valence-corrected chi connectivity index (χ4v) is 3.13. The van der Waals surface area contributed by atoms with Crippen LogP contribution in [0.4, 0.5) is 5.69 Å². The largest absolute Gasteiger partial charge is 0.366 e. The molecule has 1 saturated heterocycles. The molecule has 0 amide bonds. The molecule has 5 N–H and O–H groups in total. The molecule has 0 aromatic carbocycles. The van der Waals surface area contributed by atoms with Crippen molar-refractivity contribution in [3.63, 3.8) is 0 Å². The third kappa shape index (κ3) is 2.64. The first-order valence-corrected chi connectivity index (χ1v) is 7.74. The Hall–Kier alpha value is -2.51. The van der Waals surface area contributed by atoms with E-state index in [1.165, 1.54) is 6.33 Å². The minimum Gasteiger partial charge on any atom is -0.366 e. The van der Waals surface area contributed by atoms with Gasteiger partial charge in [-0.05, 0) is 25.5 Å². The summed E-state index contributed by atoms with van der Waals surface area (Å²) in [7, 11) is 0. The van der Waals surface area contributed by atoms with Gasteiger partial charge < -0.3 is 21.4 Å². The molecular formula is C16H19N7. The number of nitrogens with two attached hydrogens (primary N) is 1. The third-order valence-corrected chi connectivity index (χ3v) is 4.25. The molecule has 23 heavy (non-hydrogen) atoms. The van der Waals surface area contributed by atoms with E-state index < -0.39 is 5.66 Å². The molecule has 4 rings (SSSR count). The Morgan fingerprint density at radius 1 is 1.26 bits per heavy atom. The Bertz CT molecular complexity index is 806. The van der Waals surface area contributed by atoms with Gasteiger partial charge in [-0.25, -0.2) is 15.0 Å². The highest BCUT2D eigenvalue weighted by Crippen LogP contribution is 2.33. The maximum Gasteiger partial charge on any atom is 0.139 e. The molecule has 0 saturated carbocycles. The normalized spacial score (nSPS) is 21.4. The van der Waals surface area contributed by atoms with Gasteiger partial charge in [-0.2, -0.15) is 0 Å². The number of rotatable bonds is 3. The monoisotopic (exact) mass is 309 g/mol. The van der Waals surface area contributed by atoms with E-state index in [0.29, 0.717) is 0 Å². The van der Waals surface area contributed by atoms with Gasteiger partial charge in [0.15, 0.2) is 0 Å². The molecule has 1 aliphatic heterocycles. The van der Waals surface area contributed by atoms with E-state index in [2.05, 4.69) is 30.6 Å². The molecule has 0 radical (unpaired) electrons. The summed E-state index contributed by atoms with van der Waals surface area (Å²) in [4.78, 5) is 15.8. The van der Waals surface area contributed by atoms with Crippen LogP contribution in [0.15, 0.2) is 37.2 Å². The number of nitrogens with one attached hydrogen (secondary N) is 3. The Morgan fingerprint density at radius 3 is 2.91 bits per heavy atom. The summed E-state index contributed by atoms with van der Waals surface area (Å²) in [5.74, 6) is 0. The molecule has 0 spiro atoms. The van der Waals surface area contributed by atoms with Crippen molar-refractivity contribution in [2.45, 2.75) is 18.5 Å². The molecule has 7 heteroatoms. The minimum atomic E-state index is -0.450. The van der Waals surface area contributed by atoms with E-state index in [1.807, 2.05) is 12.3 Å². The van der Waals surface area contributed by atoms with Gasteiger partial charge in [0, 0.05) is 53.5 Å². The lowest BCUT2D eigenvalue weighted by Gasteiger charge is -2.36. The average molecular weight is 309 g/mol. The van der Waals surface area contributed by atoms with Crippen molar-refractivity contribution < 1.29 is 0 Å². The van der Waals surface area contributed by atoms with Crippen molar-refractivity contribution in [2.75, 3.05) is 18.4 Å². The van der Waals surface area contributed by atoms with Crippen molar-refractivity contribution in [2.24, 2.45) is 5.73 Å². The first-order chi connectivity index (χ1) is 11.3.